The number of hydrogen-bond donors (Lipinski definition) is 0. The molecule has 3 rings (SSSR count). The van der Waals surface area contributed by atoms with Crippen molar-refractivity contribution in [1.29, 1.82) is 0 Å². The Hall–Kier alpha value is -1.14. The van der Waals surface area contributed by atoms with Gasteiger partial charge < -0.3 is 4.90 Å². The Kier molecular flexibility index (Phi) is 3.45. The average Bonchev–Trinajstić information content (AvgIpc) is 3.07. The largest absolute Gasteiger partial charge is 0.331 e. The van der Waals surface area contributed by atoms with Crippen LogP contribution in [0.25, 0.3) is 0 Å². The van der Waals surface area contributed by atoms with E-state index in [1.807, 2.05) is 35.8 Å². The third-order valence-electron chi connectivity index (χ3n) is 3.44. The predicted molar refractivity (Wildman–Crippen MR) is 78.2 cm³/mol. The van der Waals surface area contributed by atoms with Crippen molar-refractivity contribution in [1.82, 2.24) is 14.7 Å². The Morgan fingerprint density at radius 1 is 1.58 bits per heavy atom. The highest BCUT2D eigenvalue weighted by molar-refractivity contribution is 9.11. The number of aromatic nitrogens is 2. The lowest BCUT2D eigenvalue weighted by atomic mass is 10.1. The molecule has 3 heterocycles. The minimum atomic E-state index is 0.119. The Morgan fingerprint density at radius 2 is 2.42 bits per heavy atom. The number of halogens is 1. The van der Waals surface area contributed by atoms with Gasteiger partial charge >= 0.3 is 0 Å². The molecule has 1 atom stereocenters. The third-order valence-corrected chi connectivity index (χ3v) is 4.94. The normalized spacial score (nSPS) is 19.1. The van der Waals surface area contributed by atoms with Gasteiger partial charge in [0.2, 0.25) is 0 Å². The Bertz CT molecular complexity index is 607. The van der Waals surface area contributed by atoms with E-state index in [2.05, 4.69) is 21.0 Å². The molecule has 1 aliphatic heterocycles. The van der Waals surface area contributed by atoms with Crippen LogP contribution in [0.15, 0.2) is 27.6 Å². The maximum absolute atomic E-state index is 12.5. The van der Waals surface area contributed by atoms with Gasteiger partial charge in [-0.15, -0.1) is 11.3 Å². The summed E-state index contributed by atoms with van der Waals surface area (Å²) in [7, 11) is 1.90. The van der Waals surface area contributed by atoms with E-state index in [1.54, 1.807) is 16.0 Å². The van der Waals surface area contributed by atoms with Crippen molar-refractivity contribution in [2.24, 2.45) is 7.05 Å². The zero-order valence-corrected chi connectivity index (χ0v) is 12.9. The van der Waals surface area contributed by atoms with Crippen molar-refractivity contribution in [3.8, 4) is 0 Å². The van der Waals surface area contributed by atoms with Crippen molar-refractivity contribution in [3.63, 3.8) is 0 Å². The molecular formula is C13H14BrN3OS. The average molecular weight is 340 g/mol. The predicted octanol–water partition coefficient (Wildman–Crippen LogP) is 3.22. The number of amides is 1. The maximum atomic E-state index is 12.5. The number of carbonyl (C=O) groups is 1. The van der Waals surface area contributed by atoms with Gasteiger partial charge in [0, 0.05) is 30.7 Å². The number of rotatable bonds is 2. The van der Waals surface area contributed by atoms with Crippen molar-refractivity contribution < 1.29 is 4.79 Å². The SMILES string of the molecule is Cn1cc(C2CCCN2C(=O)c2csc(Br)c2)cn1. The van der Waals surface area contributed by atoms with Crippen LogP contribution < -0.4 is 0 Å². The highest BCUT2D eigenvalue weighted by atomic mass is 79.9. The lowest BCUT2D eigenvalue weighted by Gasteiger charge is -2.23. The highest BCUT2D eigenvalue weighted by Crippen LogP contribution is 2.33. The Morgan fingerprint density at radius 3 is 3.05 bits per heavy atom. The van der Waals surface area contributed by atoms with Gasteiger partial charge in [-0.05, 0) is 34.8 Å². The van der Waals surface area contributed by atoms with Gasteiger partial charge in [0.15, 0.2) is 0 Å². The van der Waals surface area contributed by atoms with Crippen molar-refractivity contribution in [2.75, 3.05) is 6.54 Å². The van der Waals surface area contributed by atoms with Crippen LogP contribution in [0.1, 0.15) is 34.8 Å². The monoisotopic (exact) mass is 339 g/mol. The highest BCUT2D eigenvalue weighted by Gasteiger charge is 2.31. The lowest BCUT2D eigenvalue weighted by molar-refractivity contribution is 0.0736. The van der Waals surface area contributed by atoms with Gasteiger partial charge in [-0.2, -0.15) is 5.10 Å². The second kappa shape index (κ2) is 5.09. The molecule has 0 aromatic carbocycles. The fraction of sp³-hybridized carbons (Fsp3) is 0.385. The van der Waals surface area contributed by atoms with E-state index in [1.165, 1.54) is 0 Å². The molecule has 0 N–H and O–H groups in total. The maximum Gasteiger partial charge on any atom is 0.255 e. The van der Waals surface area contributed by atoms with Crippen LogP contribution in [0, 0.1) is 0 Å². The van der Waals surface area contributed by atoms with Crippen LogP contribution in [0.3, 0.4) is 0 Å². The smallest absolute Gasteiger partial charge is 0.255 e. The molecule has 1 amide bonds. The minimum absolute atomic E-state index is 0.119. The molecule has 1 saturated heterocycles. The topological polar surface area (TPSA) is 38.1 Å². The molecular weight excluding hydrogens is 326 g/mol. The van der Waals surface area contributed by atoms with Crippen molar-refractivity contribution >= 4 is 33.2 Å². The van der Waals surface area contributed by atoms with Gasteiger partial charge in [0.05, 0.1) is 21.6 Å². The summed E-state index contributed by atoms with van der Waals surface area (Å²) in [5, 5.41) is 6.11. The molecule has 0 bridgehead atoms. The first-order chi connectivity index (χ1) is 9.15. The van der Waals surface area contributed by atoms with Gasteiger partial charge in [-0.3, -0.25) is 9.48 Å². The number of likely N-dealkylation sites (tertiary alicyclic amines) is 1. The molecule has 0 aliphatic carbocycles. The summed E-state index contributed by atoms with van der Waals surface area (Å²) in [6.07, 6.45) is 5.93. The number of thiophene rings is 1. The van der Waals surface area contributed by atoms with Crippen LogP contribution in [0.5, 0.6) is 0 Å². The molecule has 4 nitrogen and oxygen atoms in total. The second-order valence-corrected chi connectivity index (χ2v) is 7.03. The van der Waals surface area contributed by atoms with Gasteiger partial charge in [-0.1, -0.05) is 0 Å². The van der Waals surface area contributed by atoms with Crippen LogP contribution in [-0.4, -0.2) is 27.1 Å². The molecule has 2 aromatic rings. The van der Waals surface area contributed by atoms with Gasteiger partial charge in [0.25, 0.3) is 5.91 Å². The summed E-state index contributed by atoms with van der Waals surface area (Å²) >= 11 is 4.95. The molecule has 1 unspecified atom stereocenters. The van der Waals surface area contributed by atoms with Crippen LogP contribution >= 0.6 is 27.3 Å². The summed E-state index contributed by atoms with van der Waals surface area (Å²) in [5.74, 6) is 0.119. The Balaban J connectivity index is 1.85. The summed E-state index contributed by atoms with van der Waals surface area (Å²) in [4.78, 5) is 14.5. The summed E-state index contributed by atoms with van der Waals surface area (Å²) < 4.78 is 2.78. The van der Waals surface area contributed by atoms with E-state index in [-0.39, 0.29) is 11.9 Å². The zero-order chi connectivity index (χ0) is 13.4. The quantitative estimate of drug-likeness (QED) is 0.842. The van der Waals surface area contributed by atoms with Crippen LogP contribution in [0.4, 0.5) is 0 Å². The van der Waals surface area contributed by atoms with Crippen molar-refractivity contribution in [2.45, 2.75) is 18.9 Å². The first-order valence-corrected chi connectivity index (χ1v) is 7.86. The molecule has 0 saturated carbocycles. The number of hydrogen-bond acceptors (Lipinski definition) is 3. The minimum Gasteiger partial charge on any atom is -0.331 e. The molecule has 0 radical (unpaired) electrons. The fourth-order valence-electron chi connectivity index (χ4n) is 2.56. The number of carbonyl (C=O) groups excluding carboxylic acids is 1. The first-order valence-electron chi connectivity index (χ1n) is 6.18. The van der Waals surface area contributed by atoms with Crippen LogP contribution in [0.2, 0.25) is 0 Å². The lowest BCUT2D eigenvalue weighted by Crippen LogP contribution is -2.30. The molecule has 19 heavy (non-hydrogen) atoms. The zero-order valence-electron chi connectivity index (χ0n) is 10.5. The molecule has 1 fully saturated rings. The molecule has 0 spiro atoms. The molecule has 6 heteroatoms. The summed E-state index contributed by atoms with van der Waals surface area (Å²) in [6, 6.07) is 2.06. The number of aryl methyl sites for hydroxylation is 1. The third kappa shape index (κ3) is 2.47. The molecule has 1 aliphatic rings. The number of nitrogens with zero attached hydrogens (tertiary/aromatic N) is 3. The summed E-state index contributed by atoms with van der Waals surface area (Å²) in [6.45, 7) is 0.825. The van der Waals surface area contributed by atoms with E-state index < -0.39 is 0 Å². The van der Waals surface area contributed by atoms with E-state index >= 15 is 0 Å². The van der Waals surface area contributed by atoms with E-state index in [9.17, 15) is 4.79 Å². The van der Waals surface area contributed by atoms with Gasteiger partial charge in [0.1, 0.15) is 0 Å². The van der Waals surface area contributed by atoms with Gasteiger partial charge in [-0.25, -0.2) is 0 Å². The molecule has 100 valence electrons. The first kappa shape index (κ1) is 12.9. The summed E-state index contributed by atoms with van der Waals surface area (Å²) in [5.41, 5.74) is 1.90. The second-order valence-electron chi connectivity index (χ2n) is 4.74. The molecule has 2 aromatic heterocycles. The Labute approximate surface area is 124 Å². The standard InChI is InChI=1S/C13H14BrN3OS/c1-16-7-10(6-15-16)11-3-2-4-17(11)13(18)9-5-12(14)19-8-9/h5-8,11H,2-4H2,1H3. The van der Waals surface area contributed by atoms with E-state index in [0.717, 1.165) is 34.3 Å². The van der Waals surface area contributed by atoms with Crippen molar-refractivity contribution in [3.05, 3.63) is 38.8 Å². The van der Waals surface area contributed by atoms with E-state index in [4.69, 9.17) is 0 Å². The fourth-order valence-corrected chi connectivity index (χ4v) is 3.69. The van der Waals surface area contributed by atoms with Crippen LogP contribution in [-0.2, 0) is 7.05 Å². The van der Waals surface area contributed by atoms with E-state index in [0.29, 0.717) is 0 Å².